The highest BCUT2D eigenvalue weighted by Crippen LogP contribution is 2.30. The second kappa shape index (κ2) is 10.3. The molecule has 27 heavy (non-hydrogen) atoms. The minimum Gasteiger partial charge on any atom is -0.496 e. The molecule has 6 nitrogen and oxygen atoms in total. The van der Waals surface area contributed by atoms with Gasteiger partial charge in [-0.1, -0.05) is 29.8 Å². The molecule has 2 N–H and O–H groups in total. The highest BCUT2D eigenvalue weighted by Gasteiger charge is 2.10. The van der Waals surface area contributed by atoms with Crippen molar-refractivity contribution in [3.8, 4) is 17.2 Å². The molecule has 0 bridgehead atoms. The maximum Gasteiger partial charge on any atom is 0.191 e. The highest BCUT2D eigenvalue weighted by atomic mass is 16.5. The van der Waals surface area contributed by atoms with Crippen molar-refractivity contribution in [3.63, 3.8) is 0 Å². The number of para-hydroxylation sites is 1. The van der Waals surface area contributed by atoms with Crippen LogP contribution in [0.25, 0.3) is 0 Å². The number of ether oxygens (including phenoxy) is 3. The van der Waals surface area contributed by atoms with Gasteiger partial charge in [0.15, 0.2) is 17.5 Å². The number of hydrogen-bond donors (Lipinski definition) is 2. The van der Waals surface area contributed by atoms with Crippen LogP contribution in [0.1, 0.15) is 16.7 Å². The van der Waals surface area contributed by atoms with Gasteiger partial charge >= 0.3 is 0 Å². The van der Waals surface area contributed by atoms with Crippen molar-refractivity contribution in [2.24, 2.45) is 4.99 Å². The maximum absolute atomic E-state index is 5.47. The summed E-state index contributed by atoms with van der Waals surface area (Å²) in [6.45, 7) is 3.40. The summed E-state index contributed by atoms with van der Waals surface area (Å²) in [7, 11) is 6.73. The van der Waals surface area contributed by atoms with Crippen LogP contribution in [-0.2, 0) is 13.0 Å². The van der Waals surface area contributed by atoms with Crippen molar-refractivity contribution < 1.29 is 14.2 Å². The van der Waals surface area contributed by atoms with Gasteiger partial charge < -0.3 is 24.8 Å². The predicted molar refractivity (Wildman–Crippen MR) is 109 cm³/mol. The summed E-state index contributed by atoms with van der Waals surface area (Å²) in [6, 6.07) is 12.0. The van der Waals surface area contributed by atoms with Crippen LogP contribution in [0.3, 0.4) is 0 Å². The molecule has 2 rings (SSSR count). The monoisotopic (exact) mass is 371 g/mol. The Morgan fingerprint density at radius 2 is 1.70 bits per heavy atom. The fourth-order valence-corrected chi connectivity index (χ4v) is 2.91. The molecule has 0 aliphatic carbocycles. The molecule has 2 aromatic carbocycles. The third-order valence-corrected chi connectivity index (χ3v) is 4.28. The fourth-order valence-electron chi connectivity index (χ4n) is 2.91. The normalized spacial score (nSPS) is 11.1. The third kappa shape index (κ3) is 5.54. The topological polar surface area (TPSA) is 64.1 Å². The standard InChI is InChI=1S/C21H29N3O3/c1-15-9-10-18(25-3)16(13-15)11-12-23-21(22-2)24-14-17-7-6-8-19(26-4)20(17)27-5/h6-10,13H,11-12,14H2,1-5H3,(H2,22,23,24). The molecule has 0 aromatic heterocycles. The Hall–Kier alpha value is -2.89. The molecular formula is C21H29N3O3. The van der Waals surface area contributed by atoms with Crippen LogP contribution >= 0.6 is 0 Å². The minimum atomic E-state index is 0.577. The zero-order valence-electron chi connectivity index (χ0n) is 16.8. The van der Waals surface area contributed by atoms with E-state index >= 15 is 0 Å². The fraction of sp³-hybridized carbons (Fsp3) is 0.381. The third-order valence-electron chi connectivity index (χ3n) is 4.28. The van der Waals surface area contributed by atoms with Gasteiger partial charge in [-0.25, -0.2) is 0 Å². The summed E-state index contributed by atoms with van der Waals surface area (Å²) in [5.41, 5.74) is 3.40. The van der Waals surface area contributed by atoms with E-state index in [-0.39, 0.29) is 0 Å². The molecule has 0 atom stereocenters. The second-order valence-electron chi connectivity index (χ2n) is 6.07. The lowest BCUT2D eigenvalue weighted by Gasteiger charge is -2.16. The summed E-state index contributed by atoms with van der Waals surface area (Å²) in [6.07, 6.45) is 0.841. The Balaban J connectivity index is 1.93. The van der Waals surface area contributed by atoms with E-state index in [2.05, 4.69) is 34.7 Å². The molecule has 0 fully saturated rings. The van der Waals surface area contributed by atoms with Gasteiger partial charge in [0.05, 0.1) is 21.3 Å². The van der Waals surface area contributed by atoms with Crippen LogP contribution in [0.5, 0.6) is 17.2 Å². The SMILES string of the molecule is CN=C(NCCc1cc(C)ccc1OC)NCc1cccc(OC)c1OC. The number of rotatable bonds is 8. The van der Waals surface area contributed by atoms with Gasteiger partial charge in [0, 0.05) is 25.7 Å². The van der Waals surface area contributed by atoms with E-state index in [0.717, 1.165) is 36.0 Å². The lowest BCUT2D eigenvalue weighted by Crippen LogP contribution is -2.38. The number of aliphatic imine (C=N–C) groups is 1. The van der Waals surface area contributed by atoms with Gasteiger partial charge in [-0.2, -0.15) is 0 Å². The van der Waals surface area contributed by atoms with Crippen molar-refractivity contribution in [2.45, 2.75) is 19.9 Å². The summed E-state index contributed by atoms with van der Waals surface area (Å²) in [4.78, 5) is 4.28. The van der Waals surface area contributed by atoms with E-state index in [0.29, 0.717) is 12.3 Å². The Morgan fingerprint density at radius 3 is 2.37 bits per heavy atom. The van der Waals surface area contributed by atoms with Crippen LogP contribution in [0.4, 0.5) is 0 Å². The molecule has 0 saturated carbocycles. The molecule has 146 valence electrons. The van der Waals surface area contributed by atoms with Gasteiger partial charge in [-0.3, -0.25) is 4.99 Å². The molecule has 0 saturated heterocycles. The van der Waals surface area contributed by atoms with Crippen LogP contribution < -0.4 is 24.8 Å². The Labute approximate surface area is 161 Å². The number of aryl methyl sites for hydroxylation is 1. The van der Waals surface area contributed by atoms with Crippen LogP contribution in [0.15, 0.2) is 41.4 Å². The first-order chi connectivity index (χ1) is 13.1. The highest BCUT2D eigenvalue weighted by molar-refractivity contribution is 5.79. The Kier molecular flexibility index (Phi) is 7.79. The molecule has 0 aliphatic rings. The second-order valence-corrected chi connectivity index (χ2v) is 6.07. The number of methoxy groups -OCH3 is 3. The molecule has 0 amide bonds. The Bertz CT molecular complexity index is 775. The van der Waals surface area contributed by atoms with Crippen molar-refractivity contribution in [2.75, 3.05) is 34.9 Å². The predicted octanol–water partition coefficient (Wildman–Crippen LogP) is 2.93. The zero-order chi connectivity index (χ0) is 19.6. The van der Waals surface area contributed by atoms with E-state index < -0.39 is 0 Å². The van der Waals surface area contributed by atoms with Crippen LogP contribution in [0.2, 0.25) is 0 Å². The minimum absolute atomic E-state index is 0.577. The lowest BCUT2D eigenvalue weighted by atomic mass is 10.1. The summed E-state index contributed by atoms with van der Waals surface area (Å²) in [5, 5.41) is 6.65. The van der Waals surface area contributed by atoms with Gasteiger partial charge in [-0.05, 0) is 31.0 Å². The van der Waals surface area contributed by atoms with Crippen molar-refractivity contribution in [3.05, 3.63) is 53.1 Å². The van der Waals surface area contributed by atoms with E-state index in [4.69, 9.17) is 14.2 Å². The molecule has 0 heterocycles. The van der Waals surface area contributed by atoms with Gasteiger partial charge in [0.25, 0.3) is 0 Å². The van der Waals surface area contributed by atoms with Crippen molar-refractivity contribution in [1.82, 2.24) is 10.6 Å². The van der Waals surface area contributed by atoms with E-state index in [1.165, 1.54) is 11.1 Å². The first-order valence-corrected chi connectivity index (χ1v) is 8.90. The Morgan fingerprint density at radius 1 is 0.926 bits per heavy atom. The van der Waals surface area contributed by atoms with Gasteiger partial charge in [-0.15, -0.1) is 0 Å². The molecule has 6 heteroatoms. The number of benzene rings is 2. The van der Waals surface area contributed by atoms with E-state index in [1.54, 1.807) is 28.4 Å². The number of hydrogen-bond acceptors (Lipinski definition) is 4. The zero-order valence-corrected chi connectivity index (χ0v) is 16.8. The number of nitrogens with one attached hydrogen (secondary N) is 2. The number of guanidine groups is 1. The van der Waals surface area contributed by atoms with Crippen LogP contribution in [0, 0.1) is 6.92 Å². The van der Waals surface area contributed by atoms with Gasteiger partial charge in [0.2, 0.25) is 0 Å². The number of nitrogens with zero attached hydrogens (tertiary/aromatic N) is 1. The van der Waals surface area contributed by atoms with E-state index in [9.17, 15) is 0 Å². The molecule has 2 aromatic rings. The molecule has 0 radical (unpaired) electrons. The average molecular weight is 371 g/mol. The largest absolute Gasteiger partial charge is 0.496 e. The smallest absolute Gasteiger partial charge is 0.191 e. The maximum atomic E-state index is 5.47. The van der Waals surface area contributed by atoms with E-state index in [1.807, 2.05) is 24.3 Å². The summed E-state index contributed by atoms with van der Waals surface area (Å²) >= 11 is 0. The quantitative estimate of drug-likeness (QED) is 0.552. The first kappa shape index (κ1) is 20.4. The first-order valence-electron chi connectivity index (χ1n) is 8.90. The lowest BCUT2D eigenvalue weighted by molar-refractivity contribution is 0.351. The molecule has 0 spiro atoms. The average Bonchev–Trinajstić information content (AvgIpc) is 2.70. The summed E-state index contributed by atoms with van der Waals surface area (Å²) in [5.74, 6) is 3.08. The van der Waals surface area contributed by atoms with Gasteiger partial charge in [0.1, 0.15) is 5.75 Å². The van der Waals surface area contributed by atoms with Crippen molar-refractivity contribution in [1.29, 1.82) is 0 Å². The summed E-state index contributed by atoms with van der Waals surface area (Å²) < 4.78 is 16.3. The van der Waals surface area contributed by atoms with Crippen molar-refractivity contribution >= 4 is 5.96 Å². The van der Waals surface area contributed by atoms with Crippen LogP contribution in [-0.4, -0.2) is 40.9 Å². The molecule has 0 aliphatic heterocycles. The molecular weight excluding hydrogens is 342 g/mol. The molecule has 0 unspecified atom stereocenters.